The standard InChI is InChI=1S/C24H30N6S/c1-17-15-20(18(2)30(17)19-9-7-11-25-16-19)23-22(21-10-5-6-12-26-21)27-24(31)29(23)14-8-13-28(3)4/h5-7,9-12,15-16,22-23H,8,13-14H2,1-4H3,(H,27,31)/t22-,23-/m0/s1. The van der Waals surface area contributed by atoms with Gasteiger partial charge in [0.05, 0.1) is 29.7 Å². The number of hydrogen-bond donors (Lipinski definition) is 1. The Morgan fingerprint density at radius 1 is 1.13 bits per heavy atom. The van der Waals surface area contributed by atoms with Gasteiger partial charge in [-0.05, 0) is 89.0 Å². The molecule has 1 N–H and O–H groups in total. The first-order chi connectivity index (χ1) is 15.0. The highest BCUT2D eigenvalue weighted by atomic mass is 32.1. The molecule has 0 spiro atoms. The summed E-state index contributed by atoms with van der Waals surface area (Å²) in [7, 11) is 4.21. The van der Waals surface area contributed by atoms with Crippen molar-refractivity contribution in [3.05, 3.63) is 77.6 Å². The molecule has 3 aromatic heterocycles. The fourth-order valence-corrected chi connectivity index (χ4v) is 4.84. The maximum absolute atomic E-state index is 5.81. The van der Waals surface area contributed by atoms with Gasteiger partial charge in [-0.3, -0.25) is 9.97 Å². The van der Waals surface area contributed by atoms with Crippen molar-refractivity contribution >= 4 is 17.3 Å². The van der Waals surface area contributed by atoms with Gasteiger partial charge in [0, 0.05) is 30.3 Å². The van der Waals surface area contributed by atoms with Gasteiger partial charge in [0.1, 0.15) is 0 Å². The highest BCUT2D eigenvalue weighted by Gasteiger charge is 2.41. The summed E-state index contributed by atoms with van der Waals surface area (Å²) in [5.74, 6) is 0. The summed E-state index contributed by atoms with van der Waals surface area (Å²) >= 11 is 5.81. The Balaban J connectivity index is 1.76. The Morgan fingerprint density at radius 2 is 1.97 bits per heavy atom. The Bertz CT molecular complexity index is 1030. The smallest absolute Gasteiger partial charge is 0.170 e. The normalized spacial score (nSPS) is 18.6. The van der Waals surface area contributed by atoms with Crippen LogP contribution in [0.4, 0.5) is 0 Å². The van der Waals surface area contributed by atoms with Gasteiger partial charge in [-0.2, -0.15) is 0 Å². The van der Waals surface area contributed by atoms with Crippen LogP contribution in [0.15, 0.2) is 55.0 Å². The molecular formula is C24H30N6S. The number of hydrogen-bond acceptors (Lipinski definition) is 4. The predicted molar refractivity (Wildman–Crippen MR) is 128 cm³/mol. The van der Waals surface area contributed by atoms with Crippen LogP contribution in [0.5, 0.6) is 0 Å². The van der Waals surface area contributed by atoms with Crippen molar-refractivity contribution in [2.24, 2.45) is 0 Å². The Hall–Kier alpha value is -2.77. The SMILES string of the molecule is Cc1cc([C@H]2[C@H](c3ccccn3)NC(=S)N2CCCN(C)C)c(C)n1-c1cccnc1. The van der Waals surface area contributed by atoms with Crippen LogP contribution in [0.25, 0.3) is 5.69 Å². The maximum Gasteiger partial charge on any atom is 0.170 e. The van der Waals surface area contributed by atoms with Crippen LogP contribution in [0.3, 0.4) is 0 Å². The predicted octanol–water partition coefficient (Wildman–Crippen LogP) is 3.81. The van der Waals surface area contributed by atoms with Gasteiger partial charge in [-0.1, -0.05) is 6.07 Å². The molecule has 4 rings (SSSR count). The van der Waals surface area contributed by atoms with Crippen LogP contribution in [-0.4, -0.2) is 56.6 Å². The van der Waals surface area contributed by atoms with Crippen molar-refractivity contribution in [1.82, 2.24) is 29.7 Å². The second-order valence-electron chi connectivity index (χ2n) is 8.35. The summed E-state index contributed by atoms with van der Waals surface area (Å²) in [4.78, 5) is 13.5. The number of rotatable bonds is 7. The summed E-state index contributed by atoms with van der Waals surface area (Å²) in [6.45, 7) is 6.25. The summed E-state index contributed by atoms with van der Waals surface area (Å²) in [6, 6.07) is 12.5. The van der Waals surface area contributed by atoms with Gasteiger partial charge in [0.15, 0.2) is 5.11 Å². The number of pyridine rings is 2. The molecule has 1 aliphatic heterocycles. The average molecular weight is 435 g/mol. The maximum atomic E-state index is 5.81. The van der Waals surface area contributed by atoms with Crippen molar-refractivity contribution in [3.8, 4) is 5.69 Å². The number of aryl methyl sites for hydroxylation is 1. The van der Waals surface area contributed by atoms with E-state index in [1.807, 2.05) is 36.8 Å². The molecule has 0 unspecified atom stereocenters. The lowest BCUT2D eigenvalue weighted by Gasteiger charge is -2.28. The topological polar surface area (TPSA) is 49.2 Å². The van der Waals surface area contributed by atoms with Crippen LogP contribution >= 0.6 is 12.2 Å². The van der Waals surface area contributed by atoms with Gasteiger partial charge >= 0.3 is 0 Å². The Morgan fingerprint density at radius 3 is 2.65 bits per heavy atom. The quantitative estimate of drug-likeness (QED) is 0.571. The fraction of sp³-hybridized carbons (Fsp3) is 0.375. The van der Waals surface area contributed by atoms with E-state index in [4.69, 9.17) is 12.2 Å². The third-order valence-electron chi connectivity index (χ3n) is 5.90. The Kier molecular flexibility index (Phi) is 6.34. The first-order valence-corrected chi connectivity index (χ1v) is 11.1. The molecule has 4 heterocycles. The van der Waals surface area contributed by atoms with E-state index in [-0.39, 0.29) is 12.1 Å². The molecule has 6 nitrogen and oxygen atoms in total. The van der Waals surface area contributed by atoms with Crippen molar-refractivity contribution in [2.45, 2.75) is 32.4 Å². The lowest BCUT2D eigenvalue weighted by molar-refractivity contribution is 0.292. The monoisotopic (exact) mass is 434 g/mol. The molecule has 0 saturated carbocycles. The minimum Gasteiger partial charge on any atom is -0.352 e. The highest BCUT2D eigenvalue weighted by Crippen LogP contribution is 2.41. The molecular weight excluding hydrogens is 404 g/mol. The highest BCUT2D eigenvalue weighted by molar-refractivity contribution is 7.80. The van der Waals surface area contributed by atoms with E-state index in [1.165, 1.54) is 17.0 Å². The van der Waals surface area contributed by atoms with E-state index >= 15 is 0 Å². The van der Waals surface area contributed by atoms with Gasteiger partial charge < -0.3 is 19.7 Å². The fourth-order valence-electron chi connectivity index (χ4n) is 4.51. The minimum absolute atomic E-state index is 0.0101. The van der Waals surface area contributed by atoms with E-state index in [0.717, 1.165) is 36.0 Å². The van der Waals surface area contributed by atoms with Crippen molar-refractivity contribution in [2.75, 3.05) is 27.2 Å². The van der Waals surface area contributed by atoms with Gasteiger partial charge in [0.25, 0.3) is 0 Å². The summed E-state index contributed by atoms with van der Waals surface area (Å²) in [6.07, 6.45) is 6.61. The lowest BCUT2D eigenvalue weighted by Crippen LogP contribution is -2.32. The zero-order valence-corrected chi connectivity index (χ0v) is 19.4. The third kappa shape index (κ3) is 4.34. The number of thiocarbonyl (C=S) groups is 1. The Labute approximate surface area is 189 Å². The zero-order chi connectivity index (χ0) is 22.0. The van der Waals surface area contributed by atoms with Crippen LogP contribution in [0.2, 0.25) is 0 Å². The number of aromatic nitrogens is 3. The molecule has 1 fully saturated rings. The van der Waals surface area contributed by atoms with Crippen LogP contribution < -0.4 is 5.32 Å². The molecule has 0 radical (unpaired) electrons. The van der Waals surface area contributed by atoms with Crippen molar-refractivity contribution < 1.29 is 0 Å². The van der Waals surface area contributed by atoms with Crippen LogP contribution in [0, 0.1) is 13.8 Å². The van der Waals surface area contributed by atoms with Gasteiger partial charge in [-0.15, -0.1) is 0 Å². The molecule has 2 atom stereocenters. The van der Waals surface area contributed by atoms with Crippen molar-refractivity contribution in [1.29, 1.82) is 0 Å². The van der Waals surface area contributed by atoms with Gasteiger partial charge in [0.2, 0.25) is 0 Å². The molecule has 0 aromatic carbocycles. The van der Waals surface area contributed by atoms with Crippen LogP contribution in [-0.2, 0) is 0 Å². The molecule has 1 aliphatic rings. The average Bonchev–Trinajstić information content (AvgIpc) is 3.24. The second-order valence-corrected chi connectivity index (χ2v) is 8.74. The number of nitrogens with zero attached hydrogens (tertiary/aromatic N) is 5. The molecule has 0 amide bonds. The molecule has 31 heavy (non-hydrogen) atoms. The first-order valence-electron chi connectivity index (χ1n) is 10.7. The molecule has 7 heteroatoms. The zero-order valence-electron chi connectivity index (χ0n) is 18.6. The summed E-state index contributed by atoms with van der Waals surface area (Å²) in [5.41, 5.74) is 5.75. The minimum atomic E-state index is 0.0101. The number of nitrogens with one attached hydrogen (secondary N) is 1. The van der Waals surface area contributed by atoms with Crippen molar-refractivity contribution in [3.63, 3.8) is 0 Å². The van der Waals surface area contributed by atoms with Gasteiger partial charge in [-0.25, -0.2) is 0 Å². The van der Waals surface area contributed by atoms with E-state index in [9.17, 15) is 0 Å². The molecule has 162 valence electrons. The van der Waals surface area contributed by atoms with E-state index < -0.39 is 0 Å². The molecule has 3 aromatic rings. The van der Waals surface area contributed by atoms with E-state index in [0.29, 0.717) is 0 Å². The van der Waals surface area contributed by atoms with Crippen LogP contribution in [0.1, 0.15) is 41.1 Å². The summed E-state index contributed by atoms with van der Waals surface area (Å²) in [5, 5.41) is 4.36. The van der Waals surface area contributed by atoms with E-state index in [1.54, 1.807) is 0 Å². The third-order valence-corrected chi connectivity index (χ3v) is 6.25. The molecule has 1 saturated heterocycles. The largest absolute Gasteiger partial charge is 0.352 e. The van der Waals surface area contributed by atoms with E-state index in [2.05, 4.69) is 75.8 Å². The molecule has 0 aliphatic carbocycles. The second kappa shape index (κ2) is 9.16. The molecule has 0 bridgehead atoms. The lowest BCUT2D eigenvalue weighted by atomic mass is 9.96. The summed E-state index contributed by atoms with van der Waals surface area (Å²) < 4.78 is 2.27. The first kappa shape index (κ1) is 21.5.